The molecule has 4 N–H and O–H groups in total. The van der Waals surface area contributed by atoms with Gasteiger partial charge in [-0.25, -0.2) is 0 Å². The Morgan fingerprint density at radius 1 is 1.55 bits per heavy atom. The number of phenolic OH excluding ortho intramolecular Hbond substituents is 1. The Bertz CT molecular complexity index is 252. The van der Waals surface area contributed by atoms with Crippen LogP contribution < -0.4 is 11.3 Å². The summed E-state index contributed by atoms with van der Waals surface area (Å²) in [4.78, 5) is 0.851. The average Bonchev–Trinajstić information content (AvgIpc) is 2.04. The van der Waals surface area contributed by atoms with Gasteiger partial charge in [-0.3, -0.25) is 5.84 Å². The van der Waals surface area contributed by atoms with Crippen molar-refractivity contribution in [1.82, 2.24) is 0 Å². The summed E-state index contributed by atoms with van der Waals surface area (Å²) in [5, 5.41) is 9.31. The molecule has 0 aliphatic rings. The van der Waals surface area contributed by atoms with Gasteiger partial charge in [0.2, 0.25) is 0 Å². The van der Waals surface area contributed by atoms with Crippen molar-refractivity contribution in [1.29, 1.82) is 0 Å². The number of hydrazine groups is 1. The third kappa shape index (κ3) is 1.78. The van der Waals surface area contributed by atoms with Gasteiger partial charge in [0.15, 0.2) is 0 Å². The molecule has 0 saturated carbocycles. The predicted molar refractivity (Wildman–Crippen MR) is 47.7 cm³/mol. The number of thioether (sulfide) groups is 1. The standard InChI is InChI=1S/C7H10N2OS/c1-11-7-3-2-5(9-8)4-6(7)10/h2-4,9-10H,8H2,1H3. The second kappa shape index (κ2) is 3.50. The molecule has 0 fully saturated rings. The van der Waals surface area contributed by atoms with Gasteiger partial charge in [0.25, 0.3) is 0 Å². The van der Waals surface area contributed by atoms with E-state index in [0.29, 0.717) is 5.69 Å². The van der Waals surface area contributed by atoms with Crippen molar-refractivity contribution in [3.05, 3.63) is 18.2 Å². The monoisotopic (exact) mass is 170 g/mol. The van der Waals surface area contributed by atoms with Crippen molar-refractivity contribution >= 4 is 17.4 Å². The van der Waals surface area contributed by atoms with Crippen molar-refractivity contribution in [2.45, 2.75) is 4.90 Å². The molecule has 1 aromatic carbocycles. The van der Waals surface area contributed by atoms with Crippen LogP contribution in [0.5, 0.6) is 5.75 Å². The van der Waals surface area contributed by atoms with Gasteiger partial charge in [-0.1, -0.05) is 0 Å². The van der Waals surface area contributed by atoms with E-state index in [0.717, 1.165) is 4.90 Å². The number of benzene rings is 1. The van der Waals surface area contributed by atoms with E-state index in [9.17, 15) is 5.11 Å². The number of nitrogen functional groups attached to an aromatic ring is 1. The quantitative estimate of drug-likeness (QED) is 0.357. The fourth-order valence-corrected chi connectivity index (χ4v) is 1.25. The average molecular weight is 170 g/mol. The van der Waals surface area contributed by atoms with E-state index in [-0.39, 0.29) is 5.75 Å². The number of nitrogens with one attached hydrogen (secondary N) is 1. The highest BCUT2D eigenvalue weighted by Crippen LogP contribution is 2.28. The van der Waals surface area contributed by atoms with Gasteiger partial charge in [-0.15, -0.1) is 11.8 Å². The Morgan fingerprint density at radius 2 is 2.27 bits per heavy atom. The van der Waals surface area contributed by atoms with Crippen molar-refractivity contribution in [2.75, 3.05) is 11.7 Å². The summed E-state index contributed by atoms with van der Waals surface area (Å²) < 4.78 is 0. The molecule has 0 aromatic heterocycles. The Labute approximate surface area is 69.6 Å². The summed E-state index contributed by atoms with van der Waals surface area (Å²) in [7, 11) is 0. The highest BCUT2D eigenvalue weighted by Gasteiger charge is 1.98. The molecule has 0 radical (unpaired) electrons. The zero-order valence-electron chi connectivity index (χ0n) is 6.16. The molecular formula is C7H10N2OS. The van der Waals surface area contributed by atoms with Crippen LogP contribution in [-0.2, 0) is 0 Å². The molecule has 0 spiro atoms. The predicted octanol–water partition coefficient (Wildman–Crippen LogP) is 1.40. The minimum Gasteiger partial charge on any atom is -0.507 e. The molecule has 0 bridgehead atoms. The van der Waals surface area contributed by atoms with Crippen LogP contribution in [0.3, 0.4) is 0 Å². The number of hydrogen-bond acceptors (Lipinski definition) is 4. The largest absolute Gasteiger partial charge is 0.507 e. The van der Waals surface area contributed by atoms with E-state index in [1.807, 2.05) is 18.4 Å². The summed E-state index contributed by atoms with van der Waals surface area (Å²) in [5.41, 5.74) is 3.16. The maximum absolute atomic E-state index is 9.31. The molecule has 0 aliphatic heterocycles. The highest BCUT2D eigenvalue weighted by atomic mass is 32.2. The molecule has 0 saturated heterocycles. The number of hydrogen-bond donors (Lipinski definition) is 3. The van der Waals surface area contributed by atoms with Crippen molar-refractivity contribution < 1.29 is 5.11 Å². The lowest BCUT2D eigenvalue weighted by atomic mass is 10.3. The molecule has 60 valence electrons. The van der Waals surface area contributed by atoms with Gasteiger partial charge in [-0.2, -0.15) is 0 Å². The van der Waals surface area contributed by atoms with Gasteiger partial charge < -0.3 is 10.5 Å². The molecule has 1 aromatic rings. The van der Waals surface area contributed by atoms with E-state index in [4.69, 9.17) is 5.84 Å². The molecule has 1 rings (SSSR count). The molecule has 0 amide bonds. The lowest BCUT2D eigenvalue weighted by Gasteiger charge is -2.03. The Balaban J connectivity index is 2.99. The van der Waals surface area contributed by atoms with Crippen molar-refractivity contribution in [3.63, 3.8) is 0 Å². The smallest absolute Gasteiger partial charge is 0.131 e. The Hall–Kier alpha value is -0.870. The summed E-state index contributed by atoms with van der Waals surface area (Å²) in [6.07, 6.45) is 1.91. The zero-order chi connectivity index (χ0) is 8.27. The number of rotatable bonds is 2. The van der Waals surface area contributed by atoms with Crippen LogP contribution in [0.25, 0.3) is 0 Å². The molecule has 4 heteroatoms. The highest BCUT2D eigenvalue weighted by molar-refractivity contribution is 7.98. The van der Waals surface area contributed by atoms with Gasteiger partial charge >= 0.3 is 0 Å². The second-order valence-electron chi connectivity index (χ2n) is 2.03. The van der Waals surface area contributed by atoms with Crippen LogP contribution in [0.4, 0.5) is 5.69 Å². The normalized spacial score (nSPS) is 9.64. The van der Waals surface area contributed by atoms with Gasteiger partial charge in [-0.05, 0) is 18.4 Å². The Kier molecular flexibility index (Phi) is 2.62. The zero-order valence-corrected chi connectivity index (χ0v) is 6.98. The van der Waals surface area contributed by atoms with Gasteiger partial charge in [0.1, 0.15) is 5.75 Å². The van der Waals surface area contributed by atoms with Crippen LogP contribution in [0.1, 0.15) is 0 Å². The summed E-state index contributed by atoms with van der Waals surface area (Å²) in [6.45, 7) is 0. The van der Waals surface area contributed by atoms with Crippen LogP contribution >= 0.6 is 11.8 Å². The maximum atomic E-state index is 9.31. The fraction of sp³-hybridized carbons (Fsp3) is 0.143. The Morgan fingerprint density at radius 3 is 2.73 bits per heavy atom. The molecule has 0 aliphatic carbocycles. The molecule has 0 unspecified atom stereocenters. The second-order valence-corrected chi connectivity index (χ2v) is 2.88. The van der Waals surface area contributed by atoms with E-state index in [1.165, 1.54) is 11.8 Å². The summed E-state index contributed by atoms with van der Waals surface area (Å²) in [5.74, 6) is 5.40. The molecule has 3 nitrogen and oxygen atoms in total. The minimum atomic E-state index is 0.257. The van der Waals surface area contributed by atoms with Crippen molar-refractivity contribution in [2.24, 2.45) is 5.84 Å². The minimum absolute atomic E-state index is 0.257. The summed E-state index contributed by atoms with van der Waals surface area (Å²) in [6, 6.07) is 5.21. The van der Waals surface area contributed by atoms with Crippen LogP contribution in [0, 0.1) is 0 Å². The summed E-state index contributed by atoms with van der Waals surface area (Å²) >= 11 is 1.50. The van der Waals surface area contributed by atoms with E-state index in [2.05, 4.69) is 5.43 Å². The number of phenols is 1. The maximum Gasteiger partial charge on any atom is 0.131 e. The topological polar surface area (TPSA) is 58.3 Å². The SMILES string of the molecule is CSc1ccc(NN)cc1O. The first-order valence-electron chi connectivity index (χ1n) is 3.11. The fourth-order valence-electron chi connectivity index (χ4n) is 0.780. The van der Waals surface area contributed by atoms with Crippen molar-refractivity contribution in [3.8, 4) is 5.75 Å². The van der Waals surface area contributed by atoms with Gasteiger partial charge in [0, 0.05) is 11.0 Å². The number of anilines is 1. The molecule has 0 atom stereocenters. The third-order valence-corrected chi connectivity index (χ3v) is 2.13. The van der Waals surface area contributed by atoms with Gasteiger partial charge in [0.05, 0.1) is 5.69 Å². The first-order chi connectivity index (χ1) is 5.27. The lowest BCUT2D eigenvalue weighted by molar-refractivity contribution is 0.463. The van der Waals surface area contributed by atoms with Crippen LogP contribution in [0.2, 0.25) is 0 Å². The number of aromatic hydroxyl groups is 1. The van der Waals surface area contributed by atoms with E-state index < -0.39 is 0 Å². The first kappa shape index (κ1) is 8.23. The van der Waals surface area contributed by atoms with Crippen LogP contribution in [0.15, 0.2) is 23.1 Å². The molecular weight excluding hydrogens is 160 g/mol. The number of nitrogens with two attached hydrogens (primary N) is 1. The van der Waals surface area contributed by atoms with E-state index in [1.54, 1.807) is 6.07 Å². The van der Waals surface area contributed by atoms with E-state index >= 15 is 0 Å². The molecule has 11 heavy (non-hydrogen) atoms. The van der Waals surface area contributed by atoms with Crippen LogP contribution in [-0.4, -0.2) is 11.4 Å². The lowest BCUT2D eigenvalue weighted by Crippen LogP contribution is -2.06. The first-order valence-corrected chi connectivity index (χ1v) is 4.34. The third-order valence-electron chi connectivity index (χ3n) is 1.35. The molecule has 0 heterocycles.